The lowest BCUT2D eigenvalue weighted by atomic mass is 10.0. The predicted molar refractivity (Wildman–Crippen MR) is 116 cm³/mol. The zero-order chi connectivity index (χ0) is 22.7. The number of halogens is 3. The Labute approximate surface area is 182 Å². The van der Waals surface area contributed by atoms with Crippen LogP contribution < -0.4 is 10.1 Å². The number of nitrogens with one attached hydrogen (secondary N) is 1. The van der Waals surface area contributed by atoms with Crippen molar-refractivity contribution in [3.63, 3.8) is 0 Å². The Morgan fingerprint density at radius 3 is 2.53 bits per heavy atom. The number of fused-ring (bicyclic) bond motifs is 1. The fourth-order valence-electron chi connectivity index (χ4n) is 3.43. The molecule has 0 saturated carbocycles. The standard InChI is InChI=1S/C25H19F3N2O2/c1-32-19-9-5-7-17(13-19)23-14-21(20-10-2-3-11-22(20)30-23)24(31)29-15-16-6-4-8-18(12-16)25(26,27)28/h2-14H,15H2,1H3,(H,29,31). The van der Waals surface area contributed by atoms with Crippen LogP contribution >= 0.6 is 0 Å². The van der Waals surface area contributed by atoms with E-state index in [-0.39, 0.29) is 6.54 Å². The SMILES string of the molecule is COc1cccc(-c2cc(C(=O)NCc3cccc(C(F)(F)F)c3)c3ccccc3n2)c1. The Bertz CT molecular complexity index is 1290. The summed E-state index contributed by atoms with van der Waals surface area (Å²) < 4.78 is 44.2. The van der Waals surface area contributed by atoms with Gasteiger partial charge in [-0.3, -0.25) is 4.79 Å². The summed E-state index contributed by atoms with van der Waals surface area (Å²) in [6.45, 7) is -0.0338. The van der Waals surface area contributed by atoms with Crippen molar-refractivity contribution in [1.29, 1.82) is 0 Å². The highest BCUT2D eigenvalue weighted by Gasteiger charge is 2.30. The molecule has 1 aromatic heterocycles. The van der Waals surface area contributed by atoms with Gasteiger partial charge in [-0.05, 0) is 42.0 Å². The number of hydrogen-bond acceptors (Lipinski definition) is 3. The lowest BCUT2D eigenvalue weighted by molar-refractivity contribution is -0.137. The van der Waals surface area contributed by atoms with Crippen LogP contribution in [0.2, 0.25) is 0 Å². The van der Waals surface area contributed by atoms with Gasteiger partial charge in [-0.2, -0.15) is 13.2 Å². The summed E-state index contributed by atoms with van der Waals surface area (Å²) in [6.07, 6.45) is -4.44. The van der Waals surface area contributed by atoms with E-state index in [1.165, 1.54) is 6.07 Å². The number of para-hydroxylation sites is 1. The molecule has 32 heavy (non-hydrogen) atoms. The van der Waals surface area contributed by atoms with Gasteiger partial charge < -0.3 is 10.1 Å². The second-order valence-corrected chi connectivity index (χ2v) is 7.18. The van der Waals surface area contributed by atoms with Crippen LogP contribution in [0.15, 0.2) is 78.9 Å². The van der Waals surface area contributed by atoms with Crippen molar-refractivity contribution >= 4 is 16.8 Å². The number of alkyl halides is 3. The molecule has 1 N–H and O–H groups in total. The predicted octanol–water partition coefficient (Wildman–Crippen LogP) is 5.86. The molecule has 162 valence electrons. The van der Waals surface area contributed by atoms with Crippen LogP contribution in [-0.2, 0) is 12.7 Å². The number of nitrogens with zero attached hydrogens (tertiary/aromatic N) is 1. The van der Waals surface area contributed by atoms with E-state index in [2.05, 4.69) is 10.3 Å². The molecule has 1 heterocycles. The Morgan fingerprint density at radius 2 is 1.75 bits per heavy atom. The second kappa shape index (κ2) is 8.70. The fourth-order valence-corrected chi connectivity index (χ4v) is 3.43. The zero-order valence-electron chi connectivity index (χ0n) is 17.1. The fraction of sp³-hybridized carbons (Fsp3) is 0.120. The molecule has 4 aromatic rings. The first-order valence-corrected chi connectivity index (χ1v) is 9.84. The van der Waals surface area contributed by atoms with Gasteiger partial charge in [0, 0.05) is 17.5 Å². The number of carbonyl (C=O) groups excluding carboxylic acids is 1. The highest BCUT2D eigenvalue weighted by atomic mass is 19.4. The van der Waals surface area contributed by atoms with Gasteiger partial charge in [-0.25, -0.2) is 4.98 Å². The number of pyridine rings is 1. The van der Waals surface area contributed by atoms with E-state index in [0.717, 1.165) is 17.7 Å². The van der Waals surface area contributed by atoms with Crippen LogP contribution in [0.3, 0.4) is 0 Å². The van der Waals surface area contributed by atoms with Crippen LogP contribution in [0.4, 0.5) is 13.2 Å². The first-order chi connectivity index (χ1) is 15.3. The van der Waals surface area contributed by atoms with Crippen LogP contribution in [0.5, 0.6) is 5.75 Å². The number of benzene rings is 3. The first-order valence-electron chi connectivity index (χ1n) is 9.84. The van der Waals surface area contributed by atoms with Gasteiger partial charge in [0.15, 0.2) is 0 Å². The van der Waals surface area contributed by atoms with E-state index in [1.807, 2.05) is 36.4 Å². The third-order valence-electron chi connectivity index (χ3n) is 5.03. The summed E-state index contributed by atoms with van der Waals surface area (Å²) in [5.74, 6) is 0.262. The lowest BCUT2D eigenvalue weighted by Crippen LogP contribution is -2.23. The Hall–Kier alpha value is -3.87. The summed E-state index contributed by atoms with van der Waals surface area (Å²) in [6, 6.07) is 21.1. The largest absolute Gasteiger partial charge is 0.497 e. The molecule has 0 spiro atoms. The summed E-state index contributed by atoms with van der Waals surface area (Å²) in [5.41, 5.74) is 2.00. The van der Waals surface area contributed by atoms with Gasteiger partial charge in [-0.15, -0.1) is 0 Å². The summed E-state index contributed by atoms with van der Waals surface area (Å²) in [7, 11) is 1.57. The molecule has 0 unspecified atom stereocenters. The highest BCUT2D eigenvalue weighted by molar-refractivity contribution is 6.07. The van der Waals surface area contributed by atoms with E-state index in [4.69, 9.17) is 4.74 Å². The van der Waals surface area contributed by atoms with Gasteiger partial charge >= 0.3 is 6.18 Å². The van der Waals surface area contributed by atoms with Crippen molar-refractivity contribution in [3.05, 3.63) is 95.6 Å². The number of carbonyl (C=O) groups is 1. The monoisotopic (exact) mass is 436 g/mol. The number of aromatic nitrogens is 1. The molecule has 4 nitrogen and oxygen atoms in total. The van der Waals surface area contributed by atoms with Crippen molar-refractivity contribution in [3.8, 4) is 17.0 Å². The molecule has 0 saturated heterocycles. The van der Waals surface area contributed by atoms with Gasteiger partial charge in [-0.1, -0.05) is 42.5 Å². The second-order valence-electron chi connectivity index (χ2n) is 7.18. The molecule has 7 heteroatoms. The summed E-state index contributed by atoms with van der Waals surface area (Å²) in [4.78, 5) is 17.7. The van der Waals surface area contributed by atoms with Gasteiger partial charge in [0.25, 0.3) is 5.91 Å². The smallest absolute Gasteiger partial charge is 0.416 e. The summed E-state index contributed by atoms with van der Waals surface area (Å²) in [5, 5.41) is 3.38. The molecule has 0 atom stereocenters. The number of ether oxygens (including phenoxy) is 1. The third-order valence-corrected chi connectivity index (χ3v) is 5.03. The van der Waals surface area contributed by atoms with Crippen LogP contribution in [0.1, 0.15) is 21.5 Å². The number of methoxy groups -OCH3 is 1. The maximum absolute atomic E-state index is 13.0. The van der Waals surface area contributed by atoms with Crippen LogP contribution in [-0.4, -0.2) is 18.0 Å². The number of rotatable bonds is 5. The minimum absolute atomic E-state index is 0.0338. The topological polar surface area (TPSA) is 51.2 Å². The minimum atomic E-state index is -4.44. The van der Waals surface area contributed by atoms with Crippen molar-refractivity contribution < 1.29 is 22.7 Å². The molecular weight excluding hydrogens is 417 g/mol. The molecule has 3 aromatic carbocycles. The number of hydrogen-bond donors (Lipinski definition) is 1. The average molecular weight is 436 g/mol. The Kier molecular flexibility index (Phi) is 5.81. The van der Waals surface area contributed by atoms with Gasteiger partial charge in [0.1, 0.15) is 5.75 Å². The molecule has 0 radical (unpaired) electrons. The van der Waals surface area contributed by atoms with Crippen LogP contribution in [0.25, 0.3) is 22.2 Å². The average Bonchev–Trinajstić information content (AvgIpc) is 2.81. The third kappa shape index (κ3) is 4.56. The van der Waals surface area contributed by atoms with Gasteiger partial charge in [0.05, 0.1) is 29.4 Å². The molecule has 0 aliphatic carbocycles. The Morgan fingerprint density at radius 1 is 0.969 bits per heavy atom. The molecule has 0 bridgehead atoms. The molecule has 4 rings (SSSR count). The van der Waals surface area contributed by atoms with E-state index in [9.17, 15) is 18.0 Å². The number of amides is 1. The maximum atomic E-state index is 13.0. The highest BCUT2D eigenvalue weighted by Crippen LogP contribution is 2.30. The van der Waals surface area contributed by atoms with Crippen molar-refractivity contribution in [2.45, 2.75) is 12.7 Å². The molecule has 0 aliphatic rings. The Balaban J connectivity index is 1.66. The molecular formula is C25H19F3N2O2. The molecule has 0 aliphatic heterocycles. The summed E-state index contributed by atoms with van der Waals surface area (Å²) >= 11 is 0. The zero-order valence-corrected chi connectivity index (χ0v) is 17.1. The van der Waals surface area contributed by atoms with E-state index < -0.39 is 17.6 Å². The minimum Gasteiger partial charge on any atom is -0.497 e. The van der Waals surface area contributed by atoms with Crippen LogP contribution in [0, 0.1) is 0 Å². The van der Waals surface area contributed by atoms with E-state index >= 15 is 0 Å². The quantitative estimate of drug-likeness (QED) is 0.426. The molecule has 0 fully saturated rings. The van der Waals surface area contributed by atoms with Gasteiger partial charge in [0.2, 0.25) is 0 Å². The van der Waals surface area contributed by atoms with Crippen molar-refractivity contribution in [2.75, 3.05) is 7.11 Å². The van der Waals surface area contributed by atoms with E-state index in [1.54, 1.807) is 31.4 Å². The van der Waals surface area contributed by atoms with Crippen molar-refractivity contribution in [2.24, 2.45) is 0 Å². The van der Waals surface area contributed by atoms with Crippen molar-refractivity contribution in [1.82, 2.24) is 10.3 Å². The maximum Gasteiger partial charge on any atom is 0.416 e. The first kappa shape index (κ1) is 21.4. The molecule has 1 amide bonds. The normalized spacial score (nSPS) is 11.4. The lowest BCUT2D eigenvalue weighted by Gasteiger charge is -2.12. The van der Waals surface area contributed by atoms with E-state index in [0.29, 0.717) is 33.5 Å².